The Morgan fingerprint density at radius 2 is 2.33 bits per heavy atom. The van der Waals surface area contributed by atoms with E-state index in [1.165, 1.54) is 0 Å². The zero-order valence-electron chi connectivity index (χ0n) is 5.14. The van der Waals surface area contributed by atoms with Crippen LogP contribution in [-0.4, -0.2) is 18.6 Å². The molecular weight excluding hydrogens is 182 g/mol. The molecule has 1 unspecified atom stereocenters. The molecule has 0 saturated heterocycles. The molecule has 0 fully saturated rings. The van der Waals surface area contributed by atoms with Crippen molar-refractivity contribution in [3.05, 3.63) is 0 Å². The summed E-state index contributed by atoms with van der Waals surface area (Å²) in [5, 5.41) is 0. The zero-order valence-corrected chi connectivity index (χ0v) is 7.61. The first-order valence-electron chi connectivity index (χ1n) is 2.61. The average molecular weight is 191 g/mol. The van der Waals surface area contributed by atoms with Gasteiger partial charge >= 0.3 is 0 Å². The van der Waals surface area contributed by atoms with Gasteiger partial charge in [0.1, 0.15) is 0 Å². The molecule has 0 aromatic heterocycles. The predicted molar refractivity (Wildman–Crippen MR) is 42.6 cm³/mol. The highest BCUT2D eigenvalue weighted by molar-refractivity contribution is 8.09. The molecule has 0 amide bonds. The van der Waals surface area contributed by atoms with Gasteiger partial charge in [0.25, 0.3) is 0 Å². The molecule has 56 valence electrons. The van der Waals surface area contributed by atoms with Crippen molar-refractivity contribution >= 4 is 30.0 Å². The van der Waals surface area contributed by atoms with Crippen LogP contribution in [0.3, 0.4) is 0 Å². The van der Waals surface area contributed by atoms with Crippen LogP contribution in [0.2, 0.25) is 0 Å². The van der Waals surface area contributed by atoms with E-state index in [0.29, 0.717) is 6.61 Å². The Balaban J connectivity index is 3.58. The Morgan fingerprint density at radius 1 is 1.78 bits per heavy atom. The molecule has 0 saturated carbocycles. The Hall–Kier alpha value is 0.830. The minimum Gasteiger partial charge on any atom is -0.326 e. The van der Waals surface area contributed by atoms with E-state index in [1.807, 2.05) is 0 Å². The smallest absolute Gasteiger partial charge is 0.233 e. The third kappa shape index (κ3) is 5.28. The number of hydrogen-bond donors (Lipinski definition) is 0. The maximum absolute atomic E-state index is 12.7. The SMILES string of the molecule is CCOP(F)(=S)CCCl. The summed E-state index contributed by atoms with van der Waals surface area (Å²) < 4.78 is 17.4. The Labute approximate surface area is 64.7 Å². The third-order valence-electron chi connectivity index (χ3n) is 0.673. The van der Waals surface area contributed by atoms with Crippen molar-refractivity contribution in [2.45, 2.75) is 6.92 Å². The highest BCUT2D eigenvalue weighted by atomic mass is 35.5. The van der Waals surface area contributed by atoms with E-state index in [0.717, 1.165) is 0 Å². The molecule has 0 heterocycles. The van der Waals surface area contributed by atoms with Crippen molar-refractivity contribution < 1.29 is 8.72 Å². The molecule has 5 heteroatoms. The topological polar surface area (TPSA) is 9.23 Å². The first-order chi connectivity index (χ1) is 4.12. The lowest BCUT2D eigenvalue weighted by Gasteiger charge is -2.08. The molecule has 0 rings (SSSR count). The molecule has 0 radical (unpaired) electrons. The maximum atomic E-state index is 12.7. The monoisotopic (exact) mass is 190 g/mol. The highest BCUT2D eigenvalue weighted by Crippen LogP contribution is 2.48. The van der Waals surface area contributed by atoms with Gasteiger partial charge in [-0.05, 0) is 18.7 Å². The molecule has 1 atom stereocenters. The summed E-state index contributed by atoms with van der Waals surface area (Å²) in [6, 6.07) is 0. The van der Waals surface area contributed by atoms with E-state index in [2.05, 4.69) is 16.3 Å². The molecule has 1 nitrogen and oxygen atoms in total. The van der Waals surface area contributed by atoms with Crippen LogP contribution in [0, 0.1) is 0 Å². The van der Waals surface area contributed by atoms with Gasteiger partial charge in [-0.3, -0.25) is 0 Å². The first kappa shape index (κ1) is 9.83. The molecular formula is C4H9ClFOPS. The Bertz CT molecular complexity index is 111. The van der Waals surface area contributed by atoms with Crippen molar-refractivity contribution in [2.75, 3.05) is 18.6 Å². The van der Waals surface area contributed by atoms with Crippen molar-refractivity contribution in [1.82, 2.24) is 0 Å². The normalized spacial score (nSPS) is 17.2. The van der Waals surface area contributed by atoms with Crippen LogP contribution < -0.4 is 0 Å². The second-order valence-electron chi connectivity index (χ2n) is 1.42. The van der Waals surface area contributed by atoms with Crippen LogP contribution in [0.1, 0.15) is 6.92 Å². The lowest BCUT2D eigenvalue weighted by Crippen LogP contribution is -1.90. The van der Waals surface area contributed by atoms with Crippen molar-refractivity contribution in [2.24, 2.45) is 0 Å². The summed E-state index contributed by atoms with van der Waals surface area (Å²) in [7, 11) is 0. The van der Waals surface area contributed by atoms with Crippen LogP contribution in [0.4, 0.5) is 4.20 Å². The van der Waals surface area contributed by atoms with E-state index >= 15 is 0 Å². The minimum absolute atomic E-state index is 0.178. The van der Waals surface area contributed by atoms with Crippen LogP contribution in [0.15, 0.2) is 0 Å². The van der Waals surface area contributed by atoms with Gasteiger partial charge in [-0.1, -0.05) is 0 Å². The number of alkyl halides is 1. The van der Waals surface area contributed by atoms with Gasteiger partial charge in [0.15, 0.2) is 0 Å². The molecule has 0 aliphatic rings. The average Bonchev–Trinajstić information content (AvgIpc) is 1.64. The molecule has 0 N–H and O–H groups in total. The van der Waals surface area contributed by atoms with Gasteiger partial charge in [-0.2, -0.15) is 4.20 Å². The summed E-state index contributed by atoms with van der Waals surface area (Å²) >= 11 is 9.74. The summed E-state index contributed by atoms with van der Waals surface area (Å²) in [6.45, 7) is -0.936. The summed E-state index contributed by atoms with van der Waals surface area (Å²) in [5.41, 5.74) is 0. The van der Waals surface area contributed by atoms with E-state index in [9.17, 15) is 4.20 Å². The number of rotatable bonds is 4. The fourth-order valence-electron chi connectivity index (χ4n) is 0.358. The Kier molecular flexibility index (Phi) is 5.04. The fraction of sp³-hybridized carbons (Fsp3) is 1.00. The second-order valence-corrected chi connectivity index (χ2v) is 5.32. The lowest BCUT2D eigenvalue weighted by molar-refractivity contribution is 0.354. The lowest BCUT2D eigenvalue weighted by atomic mass is 10.9. The van der Waals surface area contributed by atoms with Gasteiger partial charge in [0.05, 0.1) is 6.61 Å². The van der Waals surface area contributed by atoms with Crippen LogP contribution >= 0.6 is 18.2 Å². The van der Waals surface area contributed by atoms with Crippen molar-refractivity contribution in [1.29, 1.82) is 0 Å². The molecule has 0 bridgehead atoms. The summed E-state index contributed by atoms with van der Waals surface area (Å²) in [5.74, 6) is 0.244. The minimum atomic E-state index is -2.99. The second kappa shape index (κ2) is 4.62. The summed E-state index contributed by atoms with van der Waals surface area (Å²) in [4.78, 5) is 0. The van der Waals surface area contributed by atoms with Crippen LogP contribution in [0.25, 0.3) is 0 Å². The standard InChI is InChI=1S/C4H9ClFOPS/c1-2-7-8(6,9)4-3-5/h2-4H2,1H3. The van der Waals surface area contributed by atoms with Crippen molar-refractivity contribution in [3.8, 4) is 0 Å². The van der Waals surface area contributed by atoms with Gasteiger partial charge in [-0.25, -0.2) is 0 Å². The maximum Gasteiger partial charge on any atom is 0.233 e. The van der Waals surface area contributed by atoms with Crippen molar-refractivity contribution in [3.63, 3.8) is 0 Å². The fourth-order valence-corrected chi connectivity index (χ4v) is 2.62. The molecule has 0 aromatic rings. The van der Waals surface area contributed by atoms with E-state index in [-0.39, 0.29) is 12.0 Å². The quantitative estimate of drug-likeness (QED) is 0.498. The first-order valence-corrected chi connectivity index (χ1v) is 5.94. The highest BCUT2D eigenvalue weighted by Gasteiger charge is 2.13. The Morgan fingerprint density at radius 3 is 2.67 bits per heavy atom. The molecule has 0 aromatic carbocycles. The van der Waals surface area contributed by atoms with Crippen LogP contribution in [-0.2, 0) is 16.3 Å². The zero-order chi connectivity index (χ0) is 7.33. The number of halogens is 2. The van der Waals surface area contributed by atoms with E-state index in [4.69, 9.17) is 11.6 Å². The molecule has 0 spiro atoms. The third-order valence-corrected chi connectivity index (χ3v) is 3.39. The van der Waals surface area contributed by atoms with Gasteiger partial charge < -0.3 is 4.52 Å². The summed E-state index contributed by atoms with van der Waals surface area (Å²) in [6.07, 6.45) is 0.178. The van der Waals surface area contributed by atoms with Gasteiger partial charge in [0, 0.05) is 12.0 Å². The van der Waals surface area contributed by atoms with E-state index < -0.39 is 6.58 Å². The molecule has 0 aliphatic carbocycles. The largest absolute Gasteiger partial charge is 0.326 e. The van der Waals surface area contributed by atoms with E-state index in [1.54, 1.807) is 6.92 Å². The molecule has 0 aliphatic heterocycles. The predicted octanol–water partition coefficient (Wildman–Crippen LogP) is 2.54. The van der Waals surface area contributed by atoms with Gasteiger partial charge in [-0.15, -0.1) is 11.6 Å². The van der Waals surface area contributed by atoms with Gasteiger partial charge in [0.2, 0.25) is 6.58 Å². The number of hydrogen-bond acceptors (Lipinski definition) is 2. The molecule has 9 heavy (non-hydrogen) atoms. The van der Waals surface area contributed by atoms with Crippen LogP contribution in [0.5, 0.6) is 0 Å².